The summed E-state index contributed by atoms with van der Waals surface area (Å²) in [5.74, 6) is 0. The summed E-state index contributed by atoms with van der Waals surface area (Å²) in [5.41, 5.74) is 6.99. The number of rotatable bonds is 8. The summed E-state index contributed by atoms with van der Waals surface area (Å²) in [5, 5.41) is 18.1. The Morgan fingerprint density at radius 1 is 0.574 bits per heavy atom. The van der Waals surface area contributed by atoms with Crippen molar-refractivity contribution in [1.82, 2.24) is 15.0 Å². The van der Waals surface area contributed by atoms with Gasteiger partial charge in [0.25, 0.3) is 25.9 Å². The summed E-state index contributed by atoms with van der Waals surface area (Å²) in [7, 11) is -7.35. The molecule has 9 aromatic rings. The smallest absolute Gasteiger partial charge is 0.282 e. The van der Waals surface area contributed by atoms with Crippen molar-refractivity contribution in [2.24, 2.45) is 10.1 Å². The van der Waals surface area contributed by atoms with Crippen LogP contribution in [0.2, 0.25) is 0 Å². The fourth-order valence-corrected chi connectivity index (χ4v) is 13.6. The van der Waals surface area contributed by atoms with E-state index in [9.17, 15) is 31.1 Å². The molecule has 13 nitrogen and oxygen atoms in total. The van der Waals surface area contributed by atoms with Crippen LogP contribution in [0.5, 0.6) is 0 Å². The standard InChI is InChI=1S/C42H26N6O7S6/c1-21-3-15-31-35(37(21)60(50,51)52)58-41(45-31)25-9-17-29-33(19-25)56-39(43-29)23-5-11-27(12-6-23)47-48(49)28-13-7-24(8-14-28)40-44-30-18-10-26(20-34(30)57-40)42-46-32-16-4-22(2)38(36(32)59-42)61(53,54)55/h3-20H,1-2H3,(H2-,47,49,50,51,52,53,54,55)/p+1. The fraction of sp³-hybridized carbons (Fsp3) is 0.0476. The third-order valence-corrected chi connectivity index (χ3v) is 16.6. The van der Waals surface area contributed by atoms with Crippen molar-refractivity contribution in [3.8, 4) is 31.7 Å². The highest BCUT2D eigenvalue weighted by Crippen LogP contribution is 2.39. The molecule has 10 rings (SSSR count). The van der Waals surface area contributed by atoms with Crippen LogP contribution in [0.15, 0.2) is 129 Å². The molecule has 0 atom stereocenters. The Morgan fingerprint density at radius 2 is 1.08 bits per heavy atom. The molecule has 0 amide bonds. The minimum absolute atomic E-state index is 0.118. The normalized spacial score (nSPS) is 13.2. The fourth-order valence-electron chi connectivity index (χ4n) is 6.96. The van der Waals surface area contributed by atoms with Crippen LogP contribution in [0, 0.1) is 18.4 Å². The van der Waals surface area contributed by atoms with Crippen LogP contribution in [-0.2, 0) is 20.2 Å². The first-order valence-electron chi connectivity index (χ1n) is 18.1. The van der Waals surface area contributed by atoms with E-state index in [4.69, 9.17) is 9.98 Å². The molecule has 0 fully saturated rings. The van der Waals surface area contributed by atoms with E-state index in [1.807, 2.05) is 60.7 Å². The van der Waals surface area contributed by atoms with Crippen molar-refractivity contribution in [3.05, 3.63) is 136 Å². The van der Waals surface area contributed by atoms with E-state index in [-0.39, 0.29) is 9.79 Å². The SMILES string of the molecule is Cc1ccc2nc(-c3ccc4c(c3)=S=C(c3ccc(N=[N+](O)c5ccc(-c6nc7ccc(-c8nc9ccc(C)c(S(=O)(=O)O)c9s8)cc7s6)cc5)cc3)N=4)sc2c1S(=O)(=O)O. The first-order valence-corrected chi connectivity index (χ1v) is 24.3. The average molecular weight is 920 g/mol. The summed E-state index contributed by atoms with van der Waals surface area (Å²) >= 11 is 3.92. The van der Waals surface area contributed by atoms with Gasteiger partial charge in [0.05, 0.1) is 45.6 Å². The molecule has 4 heterocycles. The van der Waals surface area contributed by atoms with Gasteiger partial charge in [-0.1, -0.05) is 12.1 Å². The second-order valence-electron chi connectivity index (χ2n) is 14.0. The number of fused-ring (bicyclic) bond motifs is 4. The Kier molecular flexibility index (Phi) is 9.42. The van der Waals surface area contributed by atoms with Crippen LogP contribution < -0.4 is 5.36 Å². The summed E-state index contributed by atoms with van der Waals surface area (Å²) in [6.45, 7) is 3.28. The van der Waals surface area contributed by atoms with Gasteiger partial charge >= 0.3 is 0 Å². The lowest BCUT2D eigenvalue weighted by molar-refractivity contribution is -0.761. The molecular formula is C42H27N6O7S6+. The Hall–Kier alpha value is -5.90. The van der Waals surface area contributed by atoms with Gasteiger partial charge in [-0.05, 0) is 110 Å². The minimum atomic E-state index is -4.42. The molecule has 0 unspecified atom stereocenters. The van der Waals surface area contributed by atoms with Crippen molar-refractivity contribution >= 4 is 112 Å². The molecular weight excluding hydrogens is 893 g/mol. The zero-order valence-electron chi connectivity index (χ0n) is 31.5. The lowest BCUT2D eigenvalue weighted by Crippen LogP contribution is -2.03. The van der Waals surface area contributed by atoms with E-state index in [0.717, 1.165) is 57.2 Å². The van der Waals surface area contributed by atoms with Crippen molar-refractivity contribution in [3.63, 3.8) is 0 Å². The molecule has 302 valence electrons. The number of benzene rings is 6. The lowest BCUT2D eigenvalue weighted by Gasteiger charge is -2.02. The van der Waals surface area contributed by atoms with Gasteiger partial charge in [0.1, 0.15) is 40.4 Å². The van der Waals surface area contributed by atoms with Gasteiger partial charge in [0.2, 0.25) is 0 Å². The van der Waals surface area contributed by atoms with Crippen molar-refractivity contribution in [1.29, 1.82) is 0 Å². The molecule has 61 heavy (non-hydrogen) atoms. The van der Waals surface area contributed by atoms with Crippen LogP contribution in [0.4, 0.5) is 11.4 Å². The maximum atomic E-state index is 12.1. The monoisotopic (exact) mass is 919 g/mol. The van der Waals surface area contributed by atoms with Gasteiger partial charge in [-0.2, -0.15) is 16.8 Å². The predicted octanol–water partition coefficient (Wildman–Crippen LogP) is 10.2. The molecule has 0 bridgehead atoms. The lowest BCUT2D eigenvalue weighted by atomic mass is 10.2. The third kappa shape index (κ3) is 7.27. The van der Waals surface area contributed by atoms with Crippen LogP contribution in [-0.4, -0.2) is 55.9 Å². The van der Waals surface area contributed by atoms with Gasteiger partial charge in [-0.15, -0.1) is 45.0 Å². The molecule has 0 saturated carbocycles. The van der Waals surface area contributed by atoms with Gasteiger partial charge in [-0.25, -0.2) is 19.9 Å². The Balaban J connectivity index is 0.863. The molecule has 0 radical (unpaired) electrons. The largest absolute Gasteiger partial charge is 0.296 e. The molecule has 19 heteroatoms. The average Bonchev–Trinajstić information content (AvgIpc) is 4.04. The van der Waals surface area contributed by atoms with Gasteiger partial charge < -0.3 is 0 Å². The Bertz CT molecular complexity index is 3780. The van der Waals surface area contributed by atoms with Gasteiger partial charge in [0, 0.05) is 34.4 Å². The van der Waals surface area contributed by atoms with E-state index in [0.29, 0.717) is 53.0 Å². The maximum absolute atomic E-state index is 12.1. The highest BCUT2D eigenvalue weighted by atomic mass is 32.2. The molecule has 1 aliphatic heterocycles. The summed E-state index contributed by atoms with van der Waals surface area (Å²) in [4.78, 5) is 20.3. The highest BCUT2D eigenvalue weighted by molar-refractivity contribution is 7.91. The zero-order chi connectivity index (χ0) is 42.4. The second-order valence-corrected chi connectivity index (χ2v) is 20.8. The quantitative estimate of drug-likeness (QED) is 0.0434. The number of nitrogens with zero attached hydrogens (tertiary/aromatic N) is 6. The van der Waals surface area contributed by atoms with E-state index < -0.39 is 20.2 Å². The zero-order valence-corrected chi connectivity index (χ0v) is 36.4. The number of hydrogen-bond acceptors (Lipinski definition) is 12. The molecule has 6 aromatic carbocycles. The molecule has 0 spiro atoms. The second kappa shape index (κ2) is 14.6. The third-order valence-electron chi connectivity index (χ3n) is 9.87. The Labute approximate surface area is 362 Å². The highest BCUT2D eigenvalue weighted by Gasteiger charge is 2.23. The number of thiazole rings is 3. The van der Waals surface area contributed by atoms with Crippen LogP contribution in [0.1, 0.15) is 16.7 Å². The number of aromatic nitrogens is 3. The molecule has 0 saturated heterocycles. The van der Waals surface area contributed by atoms with E-state index >= 15 is 0 Å². The summed E-state index contributed by atoms with van der Waals surface area (Å²) < 4.78 is 70.8. The summed E-state index contributed by atoms with van der Waals surface area (Å²) in [6.07, 6.45) is 0. The minimum Gasteiger partial charge on any atom is -0.282 e. The predicted molar refractivity (Wildman–Crippen MR) is 240 cm³/mol. The molecule has 1 aliphatic rings. The van der Waals surface area contributed by atoms with Crippen molar-refractivity contribution in [2.45, 2.75) is 23.6 Å². The molecule has 3 aromatic heterocycles. The van der Waals surface area contributed by atoms with E-state index in [1.54, 1.807) is 62.4 Å². The van der Waals surface area contributed by atoms with Crippen LogP contribution in [0.25, 0.3) is 62.4 Å². The van der Waals surface area contributed by atoms with E-state index in [1.165, 1.54) is 45.0 Å². The summed E-state index contributed by atoms with van der Waals surface area (Å²) in [6, 6.07) is 32.8. The van der Waals surface area contributed by atoms with Gasteiger partial charge in [0.15, 0.2) is 0 Å². The van der Waals surface area contributed by atoms with Crippen molar-refractivity contribution in [2.75, 3.05) is 0 Å². The Morgan fingerprint density at radius 3 is 1.69 bits per heavy atom. The topological polar surface area (TPSA) is 195 Å². The van der Waals surface area contributed by atoms with Crippen LogP contribution in [0.3, 0.4) is 0 Å². The molecule has 0 aliphatic carbocycles. The van der Waals surface area contributed by atoms with Crippen LogP contribution >= 0.6 is 45.0 Å². The van der Waals surface area contributed by atoms with Gasteiger partial charge in [-0.3, -0.25) is 14.3 Å². The van der Waals surface area contributed by atoms with E-state index in [2.05, 4.69) is 15.1 Å². The first-order chi connectivity index (χ1) is 29.2. The first kappa shape index (κ1) is 39.2. The number of hydrogen-bond donors (Lipinski definition) is 3. The number of azo groups is 1. The molecule has 3 N–H and O–H groups in total. The number of aryl methyl sites for hydroxylation is 2. The maximum Gasteiger partial charge on any atom is 0.296 e. The van der Waals surface area contributed by atoms with Crippen molar-refractivity contribution < 1.29 is 36.0 Å².